The fourth-order valence-electron chi connectivity index (χ4n) is 3.27. The number of methoxy groups -OCH3 is 1. The van der Waals surface area contributed by atoms with E-state index in [1.165, 1.54) is 62.7 Å². The second kappa shape index (κ2) is 11.1. The number of pyridine rings is 1. The van der Waals surface area contributed by atoms with Crippen LogP contribution in [0.15, 0.2) is 18.3 Å². The Hall–Kier alpha value is -0.581. The number of carbonyl (C=O) groups excluding carboxylic acids is 1. The van der Waals surface area contributed by atoms with E-state index in [2.05, 4.69) is 26.8 Å². The second-order valence-electron chi connectivity index (χ2n) is 6.51. The maximum absolute atomic E-state index is 11.9. The number of esters is 1. The van der Waals surface area contributed by atoms with Crippen molar-refractivity contribution < 1.29 is 9.53 Å². The van der Waals surface area contributed by atoms with Crippen LogP contribution in [0.2, 0.25) is 13.3 Å². The van der Waals surface area contributed by atoms with Gasteiger partial charge in [-0.1, -0.05) is 0 Å². The van der Waals surface area contributed by atoms with Gasteiger partial charge in [-0.15, -0.1) is 0 Å². The van der Waals surface area contributed by atoms with Crippen LogP contribution in [0.3, 0.4) is 0 Å². The minimum absolute atomic E-state index is 0.240. The molecule has 3 nitrogen and oxygen atoms in total. The van der Waals surface area contributed by atoms with E-state index in [-0.39, 0.29) is 5.97 Å². The van der Waals surface area contributed by atoms with E-state index in [1.807, 2.05) is 6.20 Å². The molecule has 0 aliphatic rings. The van der Waals surface area contributed by atoms with Crippen LogP contribution in [0, 0.1) is 0 Å². The molecule has 0 atom stereocenters. The van der Waals surface area contributed by atoms with Crippen molar-refractivity contribution in [3.63, 3.8) is 0 Å². The summed E-state index contributed by atoms with van der Waals surface area (Å²) < 4.78 is 10.3. The first-order chi connectivity index (χ1) is 11.1. The molecular formula is C19H33NO2Sn. The van der Waals surface area contributed by atoms with Crippen LogP contribution in [-0.4, -0.2) is 36.4 Å². The van der Waals surface area contributed by atoms with Gasteiger partial charge in [-0.05, 0) is 0 Å². The summed E-state index contributed by atoms with van der Waals surface area (Å²) in [5.74, 6) is -0.240. The van der Waals surface area contributed by atoms with Gasteiger partial charge >= 0.3 is 146 Å². The third-order valence-corrected chi connectivity index (χ3v) is 19.9. The predicted octanol–water partition coefficient (Wildman–Crippen LogP) is 4.92. The van der Waals surface area contributed by atoms with E-state index in [9.17, 15) is 4.79 Å². The molecule has 0 aliphatic heterocycles. The van der Waals surface area contributed by atoms with Gasteiger partial charge in [-0.3, -0.25) is 0 Å². The quantitative estimate of drug-likeness (QED) is 0.373. The number of ether oxygens (including phenoxy) is 1. The monoisotopic (exact) mass is 427 g/mol. The number of unbranched alkanes of at least 4 members (excludes halogenated alkanes) is 3. The Morgan fingerprint density at radius 1 is 1.04 bits per heavy atom. The Morgan fingerprint density at radius 3 is 2.00 bits per heavy atom. The average molecular weight is 426 g/mol. The molecule has 1 aromatic heterocycles. The van der Waals surface area contributed by atoms with Crippen LogP contribution >= 0.6 is 0 Å². The van der Waals surface area contributed by atoms with Gasteiger partial charge in [-0.2, -0.15) is 0 Å². The molecule has 0 fully saturated rings. The topological polar surface area (TPSA) is 39.2 Å². The van der Waals surface area contributed by atoms with Gasteiger partial charge < -0.3 is 0 Å². The first-order valence-corrected chi connectivity index (χ1v) is 16.7. The van der Waals surface area contributed by atoms with Crippen LogP contribution in [0.25, 0.3) is 0 Å². The number of rotatable bonds is 11. The van der Waals surface area contributed by atoms with Crippen LogP contribution < -0.4 is 3.71 Å². The van der Waals surface area contributed by atoms with E-state index >= 15 is 0 Å². The SMILES string of the molecule is CCC[CH2][Sn]([CH2]CCC)([CH2]CCC)[c]1cc(C(=O)OC)ccn1. The number of hydrogen-bond donors (Lipinski definition) is 0. The second-order valence-corrected chi connectivity index (χ2v) is 19.6. The summed E-state index contributed by atoms with van der Waals surface area (Å²) in [6, 6.07) is 3.84. The summed E-state index contributed by atoms with van der Waals surface area (Å²) in [6.45, 7) is 6.82. The molecule has 0 saturated heterocycles. The molecule has 1 heterocycles. The summed E-state index contributed by atoms with van der Waals surface area (Å²) >= 11 is -2.54. The number of nitrogens with zero attached hydrogens (tertiary/aromatic N) is 1. The molecule has 0 N–H and O–H groups in total. The number of carbonyl (C=O) groups is 1. The molecule has 1 rings (SSSR count). The van der Waals surface area contributed by atoms with E-state index in [1.54, 1.807) is 6.07 Å². The van der Waals surface area contributed by atoms with E-state index in [0.29, 0.717) is 5.56 Å². The van der Waals surface area contributed by atoms with Gasteiger partial charge in [0.15, 0.2) is 0 Å². The van der Waals surface area contributed by atoms with Crippen LogP contribution in [0.4, 0.5) is 0 Å². The molecule has 0 bridgehead atoms. The predicted molar refractivity (Wildman–Crippen MR) is 100 cm³/mol. The summed E-state index contributed by atoms with van der Waals surface area (Å²) in [6.07, 6.45) is 9.45. The third kappa shape index (κ3) is 6.09. The fourth-order valence-corrected chi connectivity index (χ4v) is 18.7. The van der Waals surface area contributed by atoms with Gasteiger partial charge in [-0.25, -0.2) is 0 Å². The molecule has 0 spiro atoms. The van der Waals surface area contributed by atoms with E-state index in [0.717, 1.165) is 0 Å². The summed E-state index contributed by atoms with van der Waals surface area (Å²) in [5, 5.41) is 0. The zero-order valence-corrected chi connectivity index (χ0v) is 18.2. The van der Waals surface area contributed by atoms with Crippen molar-refractivity contribution >= 4 is 28.1 Å². The molecule has 23 heavy (non-hydrogen) atoms. The Morgan fingerprint density at radius 2 is 1.57 bits per heavy atom. The molecule has 130 valence electrons. The number of aromatic nitrogens is 1. The Bertz CT molecular complexity index is 454. The Labute approximate surface area is 146 Å². The Kier molecular flexibility index (Phi) is 9.84. The van der Waals surface area contributed by atoms with Crippen molar-refractivity contribution in [2.75, 3.05) is 7.11 Å². The Balaban J connectivity index is 3.20. The number of hydrogen-bond acceptors (Lipinski definition) is 3. The molecule has 4 heteroatoms. The van der Waals surface area contributed by atoms with Gasteiger partial charge in [0.2, 0.25) is 0 Å². The summed E-state index contributed by atoms with van der Waals surface area (Å²) in [5.41, 5.74) is 0.670. The van der Waals surface area contributed by atoms with E-state index < -0.39 is 18.4 Å². The molecule has 1 aromatic rings. The maximum atomic E-state index is 11.9. The van der Waals surface area contributed by atoms with Gasteiger partial charge in [0, 0.05) is 0 Å². The van der Waals surface area contributed by atoms with Crippen molar-refractivity contribution in [3.05, 3.63) is 23.9 Å². The van der Waals surface area contributed by atoms with Crippen LogP contribution in [0.5, 0.6) is 0 Å². The molecule has 0 unspecified atom stereocenters. The summed E-state index contributed by atoms with van der Waals surface area (Å²) in [7, 11) is 1.45. The normalized spacial score (nSPS) is 11.5. The van der Waals surface area contributed by atoms with Crippen molar-refractivity contribution in [2.45, 2.75) is 72.6 Å². The van der Waals surface area contributed by atoms with Crippen molar-refractivity contribution in [2.24, 2.45) is 0 Å². The van der Waals surface area contributed by atoms with E-state index in [4.69, 9.17) is 9.72 Å². The molecule has 0 radical (unpaired) electrons. The molecule has 0 saturated carbocycles. The average Bonchev–Trinajstić information content (AvgIpc) is 2.61. The van der Waals surface area contributed by atoms with Crippen LogP contribution in [-0.2, 0) is 4.74 Å². The first kappa shape index (κ1) is 20.5. The van der Waals surface area contributed by atoms with Crippen molar-refractivity contribution in [3.8, 4) is 0 Å². The molecule has 0 aliphatic carbocycles. The summed E-state index contributed by atoms with van der Waals surface area (Å²) in [4.78, 5) is 16.7. The molecular weight excluding hydrogens is 393 g/mol. The minimum atomic E-state index is -2.54. The molecule has 0 amide bonds. The first-order valence-electron chi connectivity index (χ1n) is 9.18. The zero-order chi connectivity index (χ0) is 17.1. The van der Waals surface area contributed by atoms with Crippen molar-refractivity contribution in [1.29, 1.82) is 0 Å². The van der Waals surface area contributed by atoms with Crippen LogP contribution in [0.1, 0.15) is 69.7 Å². The molecule has 0 aromatic carbocycles. The van der Waals surface area contributed by atoms with Crippen molar-refractivity contribution in [1.82, 2.24) is 4.98 Å². The van der Waals surface area contributed by atoms with Gasteiger partial charge in [0.05, 0.1) is 0 Å². The fraction of sp³-hybridized carbons (Fsp3) is 0.684. The van der Waals surface area contributed by atoms with Gasteiger partial charge in [0.1, 0.15) is 0 Å². The van der Waals surface area contributed by atoms with Gasteiger partial charge in [0.25, 0.3) is 0 Å². The zero-order valence-electron chi connectivity index (χ0n) is 15.4. The third-order valence-electron chi connectivity index (χ3n) is 4.75. The standard InChI is InChI=1S/C7H6NO2.3C4H9.Sn/c1-10-7(9)6-2-4-8-5-3-6;3*1-3-4-2;/h2-4H,1H3;3*1,3-4H2,2H3;.